The van der Waals surface area contributed by atoms with Crippen LogP contribution in [-0.2, 0) is 26.9 Å². The highest BCUT2D eigenvalue weighted by atomic mass is 32.2. The molecule has 6 heteroatoms. The van der Waals surface area contributed by atoms with E-state index in [0.717, 1.165) is 11.3 Å². The molecule has 0 aliphatic heterocycles. The molecule has 0 aliphatic rings. The molecule has 130 valence electrons. The molecular weight excluding hydrogens is 328 g/mol. The van der Waals surface area contributed by atoms with Crippen molar-refractivity contribution in [2.24, 2.45) is 0 Å². The highest BCUT2D eigenvalue weighted by Gasteiger charge is 2.18. The van der Waals surface area contributed by atoms with Crippen LogP contribution in [-0.4, -0.2) is 39.1 Å². The topological polar surface area (TPSA) is 72.8 Å². The Bertz CT molecular complexity index is 711. The largest absolute Gasteiger partial charge is 0.497 e. The van der Waals surface area contributed by atoms with Crippen LogP contribution in [0.3, 0.4) is 0 Å². The van der Waals surface area contributed by atoms with Gasteiger partial charge in [-0.1, -0.05) is 42.5 Å². The minimum Gasteiger partial charge on any atom is -0.497 e. The number of hydrogen-bond acceptors (Lipinski definition) is 5. The van der Waals surface area contributed by atoms with E-state index in [0.29, 0.717) is 12.2 Å². The fourth-order valence-electron chi connectivity index (χ4n) is 2.26. The second kappa shape index (κ2) is 8.82. The van der Waals surface area contributed by atoms with E-state index >= 15 is 0 Å². The van der Waals surface area contributed by atoms with Gasteiger partial charge in [0.25, 0.3) is 0 Å². The highest BCUT2D eigenvalue weighted by Crippen LogP contribution is 2.12. The number of sulfone groups is 1. The molecular formula is C18H22O5S. The summed E-state index contributed by atoms with van der Waals surface area (Å²) < 4.78 is 34.6. The monoisotopic (exact) mass is 350 g/mol. The lowest BCUT2D eigenvalue weighted by molar-refractivity contribution is 0.0390. The molecule has 0 saturated carbocycles. The normalized spacial score (nSPS) is 12.8. The molecule has 0 spiro atoms. The van der Waals surface area contributed by atoms with Gasteiger partial charge in [-0.25, -0.2) is 8.42 Å². The van der Waals surface area contributed by atoms with Crippen molar-refractivity contribution in [3.63, 3.8) is 0 Å². The quantitative estimate of drug-likeness (QED) is 0.750. The van der Waals surface area contributed by atoms with Crippen LogP contribution in [0.25, 0.3) is 0 Å². The molecule has 0 aromatic heterocycles. The molecule has 0 fully saturated rings. The third kappa shape index (κ3) is 6.31. The molecule has 0 bridgehead atoms. The Morgan fingerprint density at radius 2 is 1.67 bits per heavy atom. The van der Waals surface area contributed by atoms with E-state index in [2.05, 4.69) is 0 Å². The first-order valence-corrected chi connectivity index (χ1v) is 9.44. The van der Waals surface area contributed by atoms with Crippen LogP contribution < -0.4 is 4.74 Å². The minimum absolute atomic E-state index is 0.0277. The molecule has 0 aliphatic carbocycles. The van der Waals surface area contributed by atoms with E-state index in [-0.39, 0.29) is 18.1 Å². The zero-order valence-corrected chi connectivity index (χ0v) is 14.4. The van der Waals surface area contributed by atoms with Gasteiger partial charge in [-0.15, -0.1) is 0 Å². The van der Waals surface area contributed by atoms with Gasteiger partial charge in [0.1, 0.15) is 5.75 Å². The van der Waals surface area contributed by atoms with Gasteiger partial charge >= 0.3 is 0 Å². The van der Waals surface area contributed by atoms with Gasteiger partial charge in [-0.05, 0) is 23.3 Å². The number of benzene rings is 2. The van der Waals surface area contributed by atoms with Crippen molar-refractivity contribution < 1.29 is 23.0 Å². The van der Waals surface area contributed by atoms with E-state index in [1.54, 1.807) is 31.4 Å². The van der Waals surface area contributed by atoms with Crippen molar-refractivity contribution >= 4 is 9.84 Å². The molecule has 0 radical (unpaired) electrons. The van der Waals surface area contributed by atoms with E-state index in [9.17, 15) is 13.5 Å². The van der Waals surface area contributed by atoms with Crippen LogP contribution in [0.2, 0.25) is 0 Å². The molecule has 0 amide bonds. The fourth-order valence-corrected chi connectivity index (χ4v) is 3.76. The number of rotatable bonds is 9. The first-order valence-electron chi connectivity index (χ1n) is 7.61. The Kier molecular flexibility index (Phi) is 6.78. The molecule has 0 heterocycles. The number of hydrogen-bond donors (Lipinski definition) is 1. The van der Waals surface area contributed by atoms with Crippen molar-refractivity contribution in [3.05, 3.63) is 65.7 Å². The van der Waals surface area contributed by atoms with Crippen LogP contribution >= 0.6 is 0 Å². The molecule has 1 atom stereocenters. The standard InChI is InChI=1S/C18H22O5S/c1-22-18-9-7-15(8-10-18)11-23-12-17(19)14-24(20,21)13-16-5-3-2-4-6-16/h2-10,17,19H,11-14H2,1H3. The minimum atomic E-state index is -3.38. The van der Waals surface area contributed by atoms with Crippen molar-refractivity contribution in [1.82, 2.24) is 0 Å². The van der Waals surface area contributed by atoms with Gasteiger partial charge in [0, 0.05) is 0 Å². The van der Waals surface area contributed by atoms with Crippen LogP contribution in [0.15, 0.2) is 54.6 Å². The first-order chi connectivity index (χ1) is 11.5. The molecule has 2 rings (SSSR count). The predicted octanol–water partition coefficient (Wildman–Crippen LogP) is 2.19. The lowest BCUT2D eigenvalue weighted by Crippen LogP contribution is -2.26. The average molecular weight is 350 g/mol. The van der Waals surface area contributed by atoms with Gasteiger partial charge in [-0.3, -0.25) is 0 Å². The molecule has 2 aromatic rings. The summed E-state index contributed by atoms with van der Waals surface area (Å²) in [5, 5.41) is 9.90. The zero-order chi connectivity index (χ0) is 17.4. The maximum absolute atomic E-state index is 12.1. The summed E-state index contributed by atoms with van der Waals surface area (Å²) >= 11 is 0. The zero-order valence-electron chi connectivity index (χ0n) is 13.6. The number of aliphatic hydroxyl groups is 1. The third-order valence-corrected chi connectivity index (χ3v) is 5.08. The van der Waals surface area contributed by atoms with Crippen LogP contribution in [0.4, 0.5) is 0 Å². The second-order valence-electron chi connectivity index (χ2n) is 5.56. The summed E-state index contributed by atoms with van der Waals surface area (Å²) in [5.41, 5.74) is 1.64. The summed E-state index contributed by atoms with van der Waals surface area (Å²) in [5.74, 6) is 0.360. The SMILES string of the molecule is COc1ccc(COCC(O)CS(=O)(=O)Cc2ccccc2)cc1. The van der Waals surface area contributed by atoms with Crippen molar-refractivity contribution in [2.75, 3.05) is 19.5 Å². The van der Waals surface area contributed by atoms with Gasteiger partial charge in [0.05, 0.1) is 37.9 Å². The summed E-state index contributed by atoms with van der Waals surface area (Å²) in [7, 11) is -1.79. The molecule has 1 N–H and O–H groups in total. The lowest BCUT2D eigenvalue weighted by atomic mass is 10.2. The van der Waals surface area contributed by atoms with Crippen molar-refractivity contribution in [3.8, 4) is 5.75 Å². The van der Waals surface area contributed by atoms with Gasteiger partial charge in [0.2, 0.25) is 0 Å². The van der Waals surface area contributed by atoms with Gasteiger partial charge in [-0.2, -0.15) is 0 Å². The number of aliphatic hydroxyl groups excluding tert-OH is 1. The van der Waals surface area contributed by atoms with E-state index in [4.69, 9.17) is 9.47 Å². The Hall–Kier alpha value is -1.89. The summed E-state index contributed by atoms with van der Waals surface area (Å²) in [6, 6.07) is 16.3. The second-order valence-corrected chi connectivity index (χ2v) is 7.67. The first kappa shape index (κ1) is 18.4. The summed E-state index contributed by atoms with van der Waals surface area (Å²) in [6.45, 7) is 0.278. The van der Waals surface area contributed by atoms with E-state index < -0.39 is 15.9 Å². The predicted molar refractivity (Wildman–Crippen MR) is 92.6 cm³/mol. The smallest absolute Gasteiger partial charge is 0.157 e. The van der Waals surface area contributed by atoms with E-state index in [1.807, 2.05) is 30.3 Å². The Labute approximate surface area is 142 Å². The average Bonchev–Trinajstić information content (AvgIpc) is 2.55. The summed E-state index contributed by atoms with van der Waals surface area (Å²) in [6.07, 6.45) is -1.04. The van der Waals surface area contributed by atoms with Crippen molar-refractivity contribution in [1.29, 1.82) is 0 Å². The van der Waals surface area contributed by atoms with Gasteiger partial charge in [0.15, 0.2) is 9.84 Å². The number of ether oxygens (including phenoxy) is 2. The number of methoxy groups -OCH3 is 1. The summed E-state index contributed by atoms with van der Waals surface area (Å²) in [4.78, 5) is 0. The Balaban J connectivity index is 1.76. The maximum Gasteiger partial charge on any atom is 0.157 e. The molecule has 2 aromatic carbocycles. The van der Waals surface area contributed by atoms with Crippen LogP contribution in [0.5, 0.6) is 5.75 Å². The molecule has 0 saturated heterocycles. The Morgan fingerprint density at radius 1 is 1.00 bits per heavy atom. The van der Waals surface area contributed by atoms with Crippen LogP contribution in [0, 0.1) is 0 Å². The fraction of sp³-hybridized carbons (Fsp3) is 0.333. The maximum atomic E-state index is 12.1. The van der Waals surface area contributed by atoms with Crippen molar-refractivity contribution in [2.45, 2.75) is 18.5 Å². The van der Waals surface area contributed by atoms with E-state index in [1.165, 1.54) is 0 Å². The Morgan fingerprint density at radius 3 is 2.29 bits per heavy atom. The molecule has 5 nitrogen and oxygen atoms in total. The molecule has 24 heavy (non-hydrogen) atoms. The van der Waals surface area contributed by atoms with Gasteiger partial charge < -0.3 is 14.6 Å². The highest BCUT2D eigenvalue weighted by molar-refractivity contribution is 7.90. The molecule has 1 unspecified atom stereocenters. The lowest BCUT2D eigenvalue weighted by Gasteiger charge is -2.12. The van der Waals surface area contributed by atoms with Crippen LogP contribution in [0.1, 0.15) is 11.1 Å². The third-order valence-electron chi connectivity index (χ3n) is 3.41.